The highest BCUT2D eigenvalue weighted by molar-refractivity contribution is 6.68. The molecule has 4 heteroatoms. The number of carbonyl (C=O) groups excluding carboxylic acids is 2. The molecule has 0 fully saturated rings. The molecule has 0 saturated heterocycles. The Kier molecular flexibility index (Phi) is 3.48. The van der Waals surface area contributed by atoms with Crippen molar-refractivity contribution >= 4 is 22.8 Å². The SMILES string of the molecule is CC(=O)Oc1c(C(=O)Cl)ccc(C)c1C. The second-order valence-corrected chi connectivity index (χ2v) is 3.59. The molecule has 0 aliphatic rings. The highest BCUT2D eigenvalue weighted by Crippen LogP contribution is 2.27. The summed E-state index contributed by atoms with van der Waals surface area (Å²) >= 11 is 5.39. The number of hydrogen-bond donors (Lipinski definition) is 0. The quantitative estimate of drug-likeness (QED) is 0.442. The molecule has 3 nitrogen and oxygen atoms in total. The van der Waals surface area contributed by atoms with Crippen LogP contribution in [0.25, 0.3) is 0 Å². The van der Waals surface area contributed by atoms with E-state index in [1.54, 1.807) is 19.1 Å². The number of rotatable bonds is 2. The van der Waals surface area contributed by atoms with E-state index in [1.807, 2.05) is 6.92 Å². The number of carbonyl (C=O) groups is 2. The minimum Gasteiger partial charge on any atom is -0.426 e. The zero-order valence-corrected chi connectivity index (χ0v) is 9.51. The summed E-state index contributed by atoms with van der Waals surface area (Å²) in [5.74, 6) is -0.217. The normalized spacial score (nSPS) is 9.87. The fraction of sp³-hybridized carbons (Fsp3) is 0.273. The monoisotopic (exact) mass is 226 g/mol. The minimum absolute atomic E-state index is 0.218. The molecule has 1 rings (SSSR count). The number of ether oxygens (including phenoxy) is 1. The van der Waals surface area contributed by atoms with Crippen molar-refractivity contribution < 1.29 is 14.3 Å². The number of benzene rings is 1. The third-order valence-corrected chi connectivity index (χ3v) is 2.34. The van der Waals surface area contributed by atoms with E-state index in [-0.39, 0.29) is 11.3 Å². The number of aryl methyl sites for hydroxylation is 1. The molecule has 0 atom stereocenters. The molecule has 0 N–H and O–H groups in total. The number of halogens is 1. The van der Waals surface area contributed by atoms with Crippen molar-refractivity contribution in [1.29, 1.82) is 0 Å². The summed E-state index contributed by atoms with van der Waals surface area (Å²) in [5.41, 5.74) is 1.90. The van der Waals surface area contributed by atoms with Crippen molar-refractivity contribution in [1.82, 2.24) is 0 Å². The first kappa shape index (κ1) is 11.7. The van der Waals surface area contributed by atoms with Gasteiger partial charge in [-0.25, -0.2) is 0 Å². The summed E-state index contributed by atoms with van der Waals surface area (Å²) in [4.78, 5) is 22.0. The lowest BCUT2D eigenvalue weighted by molar-refractivity contribution is -0.131. The zero-order chi connectivity index (χ0) is 11.6. The van der Waals surface area contributed by atoms with Gasteiger partial charge in [0.2, 0.25) is 0 Å². The molecule has 1 aromatic rings. The fourth-order valence-corrected chi connectivity index (χ4v) is 1.37. The molecule has 0 aromatic heterocycles. The lowest BCUT2D eigenvalue weighted by atomic mass is 10.1. The average molecular weight is 227 g/mol. The molecule has 0 saturated carbocycles. The van der Waals surface area contributed by atoms with Crippen molar-refractivity contribution in [3.8, 4) is 5.75 Å². The van der Waals surface area contributed by atoms with Crippen molar-refractivity contribution in [2.24, 2.45) is 0 Å². The Bertz CT molecular complexity index is 424. The first-order valence-corrected chi connectivity index (χ1v) is 4.79. The largest absolute Gasteiger partial charge is 0.426 e. The maximum atomic E-state index is 11.1. The molecule has 0 radical (unpaired) electrons. The molecule has 15 heavy (non-hydrogen) atoms. The van der Waals surface area contributed by atoms with Gasteiger partial charge in [0.15, 0.2) is 0 Å². The third kappa shape index (κ3) is 2.57. The average Bonchev–Trinajstić information content (AvgIpc) is 2.12. The zero-order valence-electron chi connectivity index (χ0n) is 8.76. The Hall–Kier alpha value is -1.35. The summed E-state index contributed by atoms with van der Waals surface area (Å²) in [7, 11) is 0. The molecule has 0 aliphatic heterocycles. The lowest BCUT2D eigenvalue weighted by Gasteiger charge is -2.11. The molecule has 0 unspecified atom stereocenters. The first-order chi connectivity index (χ1) is 6.93. The van der Waals surface area contributed by atoms with Gasteiger partial charge >= 0.3 is 5.97 Å². The van der Waals surface area contributed by atoms with E-state index in [4.69, 9.17) is 16.3 Å². The van der Waals surface area contributed by atoms with Gasteiger partial charge in [-0.05, 0) is 42.6 Å². The van der Waals surface area contributed by atoms with Gasteiger partial charge in [0.25, 0.3) is 5.24 Å². The van der Waals surface area contributed by atoms with Crippen molar-refractivity contribution in [3.05, 3.63) is 28.8 Å². The van der Waals surface area contributed by atoms with Gasteiger partial charge in [-0.15, -0.1) is 0 Å². The Morgan fingerprint density at radius 3 is 2.33 bits per heavy atom. The highest BCUT2D eigenvalue weighted by atomic mass is 35.5. The smallest absolute Gasteiger partial charge is 0.308 e. The third-order valence-electron chi connectivity index (χ3n) is 2.13. The van der Waals surface area contributed by atoms with Gasteiger partial charge in [-0.3, -0.25) is 9.59 Å². The van der Waals surface area contributed by atoms with Crippen LogP contribution in [0.5, 0.6) is 5.75 Å². The van der Waals surface area contributed by atoms with Crippen LogP contribution in [0.2, 0.25) is 0 Å². The van der Waals surface area contributed by atoms with E-state index >= 15 is 0 Å². The maximum Gasteiger partial charge on any atom is 0.308 e. The molecule has 0 heterocycles. The summed E-state index contributed by atoms with van der Waals surface area (Å²) in [6, 6.07) is 3.31. The minimum atomic E-state index is -0.630. The van der Waals surface area contributed by atoms with E-state index in [2.05, 4.69) is 0 Å². The molecule has 0 aliphatic carbocycles. The second kappa shape index (κ2) is 4.45. The number of esters is 1. The summed E-state index contributed by atoms with van der Waals surface area (Å²) in [5, 5.41) is -0.630. The molecular formula is C11H11ClO3. The lowest BCUT2D eigenvalue weighted by Crippen LogP contribution is -2.07. The van der Waals surface area contributed by atoms with Crippen LogP contribution in [0.3, 0.4) is 0 Å². The molecule has 0 amide bonds. The Labute approximate surface area is 93.0 Å². The molecule has 80 valence electrons. The molecule has 0 bridgehead atoms. The van der Waals surface area contributed by atoms with Crippen LogP contribution >= 0.6 is 11.6 Å². The summed E-state index contributed by atoms with van der Waals surface area (Å²) in [6.45, 7) is 4.92. The van der Waals surface area contributed by atoms with E-state index in [0.29, 0.717) is 0 Å². The van der Waals surface area contributed by atoms with Crippen LogP contribution < -0.4 is 4.74 Å². The van der Waals surface area contributed by atoms with Crippen molar-refractivity contribution in [2.45, 2.75) is 20.8 Å². The summed E-state index contributed by atoms with van der Waals surface area (Å²) < 4.78 is 4.97. The van der Waals surface area contributed by atoms with E-state index < -0.39 is 11.2 Å². The van der Waals surface area contributed by atoms with Gasteiger partial charge < -0.3 is 4.74 Å². The Morgan fingerprint density at radius 2 is 1.87 bits per heavy atom. The van der Waals surface area contributed by atoms with E-state index in [9.17, 15) is 9.59 Å². The van der Waals surface area contributed by atoms with Gasteiger partial charge in [0, 0.05) is 6.92 Å². The van der Waals surface area contributed by atoms with Crippen molar-refractivity contribution in [2.75, 3.05) is 0 Å². The Morgan fingerprint density at radius 1 is 1.27 bits per heavy atom. The molecule has 0 spiro atoms. The second-order valence-electron chi connectivity index (χ2n) is 3.25. The summed E-state index contributed by atoms with van der Waals surface area (Å²) in [6.07, 6.45) is 0. The van der Waals surface area contributed by atoms with Crippen LogP contribution in [-0.4, -0.2) is 11.2 Å². The van der Waals surface area contributed by atoms with Crippen LogP contribution in [0.4, 0.5) is 0 Å². The fourth-order valence-electron chi connectivity index (χ4n) is 1.22. The highest BCUT2D eigenvalue weighted by Gasteiger charge is 2.15. The Balaban J connectivity index is 3.34. The first-order valence-electron chi connectivity index (χ1n) is 4.42. The maximum absolute atomic E-state index is 11.1. The van der Waals surface area contributed by atoms with E-state index in [1.165, 1.54) is 6.92 Å². The van der Waals surface area contributed by atoms with Gasteiger partial charge in [-0.1, -0.05) is 6.07 Å². The van der Waals surface area contributed by atoms with Crippen LogP contribution in [-0.2, 0) is 4.79 Å². The predicted molar refractivity (Wildman–Crippen MR) is 57.4 cm³/mol. The van der Waals surface area contributed by atoms with Gasteiger partial charge in [0.05, 0.1) is 5.56 Å². The standard InChI is InChI=1S/C11H11ClO3/c1-6-4-5-9(11(12)14)10(7(6)2)15-8(3)13/h4-5H,1-3H3. The molecular weight excluding hydrogens is 216 g/mol. The van der Waals surface area contributed by atoms with Crippen molar-refractivity contribution in [3.63, 3.8) is 0 Å². The van der Waals surface area contributed by atoms with Crippen LogP contribution in [0.1, 0.15) is 28.4 Å². The topological polar surface area (TPSA) is 43.4 Å². The van der Waals surface area contributed by atoms with E-state index in [0.717, 1.165) is 11.1 Å². The van der Waals surface area contributed by atoms with Crippen LogP contribution in [0.15, 0.2) is 12.1 Å². The van der Waals surface area contributed by atoms with Gasteiger partial charge in [-0.2, -0.15) is 0 Å². The van der Waals surface area contributed by atoms with Gasteiger partial charge in [0.1, 0.15) is 5.75 Å². The van der Waals surface area contributed by atoms with Crippen LogP contribution in [0, 0.1) is 13.8 Å². The predicted octanol–water partition coefficient (Wildman–Crippen LogP) is 2.61. The number of hydrogen-bond acceptors (Lipinski definition) is 3. The molecule has 1 aromatic carbocycles.